The van der Waals surface area contributed by atoms with E-state index in [1.807, 2.05) is 50.5 Å². The third-order valence-corrected chi connectivity index (χ3v) is 4.47. The SMILES string of the molecule is C#C.C/C=C(/C)OC.COc1ccc(CCNC/C=C(\C)c2ccc[n+](OC)c2)cc1. The third-order valence-electron chi connectivity index (χ3n) is 4.47. The van der Waals surface area contributed by atoms with Crippen molar-refractivity contribution in [1.82, 2.24) is 5.32 Å². The van der Waals surface area contributed by atoms with Crippen molar-refractivity contribution in [2.75, 3.05) is 34.4 Å². The molecule has 0 bridgehead atoms. The number of allylic oxidation sites excluding steroid dienone is 3. The smallest absolute Gasteiger partial charge is 0.229 e. The van der Waals surface area contributed by atoms with E-state index in [0.717, 1.165) is 36.6 Å². The number of hydrogen-bond donors (Lipinski definition) is 1. The van der Waals surface area contributed by atoms with E-state index in [2.05, 4.69) is 49.4 Å². The van der Waals surface area contributed by atoms with Crippen LogP contribution in [0.3, 0.4) is 0 Å². The number of methoxy groups -OCH3 is 2. The molecule has 1 heterocycles. The first kappa shape index (κ1) is 27.8. The minimum Gasteiger partial charge on any atom is -0.502 e. The second-order valence-corrected chi connectivity index (χ2v) is 6.43. The zero-order valence-electron chi connectivity index (χ0n) is 19.7. The maximum atomic E-state index is 5.18. The molecule has 1 aromatic carbocycles. The van der Waals surface area contributed by atoms with Gasteiger partial charge in [-0.2, -0.15) is 0 Å². The molecule has 2 aromatic rings. The normalized spacial score (nSPS) is 10.7. The summed E-state index contributed by atoms with van der Waals surface area (Å²) < 4.78 is 11.6. The van der Waals surface area contributed by atoms with E-state index in [4.69, 9.17) is 14.3 Å². The van der Waals surface area contributed by atoms with Crippen molar-refractivity contribution in [2.24, 2.45) is 0 Å². The summed E-state index contributed by atoms with van der Waals surface area (Å²) in [5.74, 6) is 1.87. The van der Waals surface area contributed by atoms with Crippen molar-refractivity contribution in [3.8, 4) is 18.6 Å². The highest BCUT2D eigenvalue weighted by molar-refractivity contribution is 5.62. The van der Waals surface area contributed by atoms with Gasteiger partial charge in [-0.05, 0) is 63.1 Å². The standard InChI is InChI=1S/C19H25N2O2.C5H10O.C2H2/c1-16(18-5-4-14-21(15-18)23-3)10-12-20-13-11-17-6-8-19(22-2)9-7-17;1-4-5(2)6-3;1-2/h4-10,14-15,20H,11-13H2,1-3H3;4H,1-3H3;1-2H/q+1;;/b16-10+;5-4-;. The molecular weight excluding hydrogens is 388 g/mol. The Bertz CT molecular complexity index is 809. The fourth-order valence-electron chi connectivity index (χ4n) is 2.39. The summed E-state index contributed by atoms with van der Waals surface area (Å²) in [5.41, 5.74) is 3.70. The van der Waals surface area contributed by atoms with Gasteiger partial charge >= 0.3 is 0 Å². The molecule has 0 atom stereocenters. The third kappa shape index (κ3) is 12.1. The van der Waals surface area contributed by atoms with Gasteiger partial charge in [0.05, 0.1) is 20.0 Å². The van der Waals surface area contributed by atoms with Crippen LogP contribution in [-0.4, -0.2) is 34.4 Å². The molecule has 0 saturated carbocycles. The van der Waals surface area contributed by atoms with Crippen molar-refractivity contribution in [1.29, 1.82) is 0 Å². The van der Waals surface area contributed by atoms with E-state index >= 15 is 0 Å². The van der Waals surface area contributed by atoms with E-state index in [1.165, 1.54) is 11.1 Å². The molecule has 0 unspecified atom stereocenters. The van der Waals surface area contributed by atoms with Gasteiger partial charge in [0.25, 0.3) is 0 Å². The molecule has 5 nitrogen and oxygen atoms in total. The Kier molecular flexibility index (Phi) is 15.8. The predicted octanol–water partition coefficient (Wildman–Crippen LogP) is 4.08. The van der Waals surface area contributed by atoms with E-state index in [0.29, 0.717) is 0 Å². The lowest BCUT2D eigenvalue weighted by Gasteiger charge is -2.05. The van der Waals surface area contributed by atoms with Gasteiger partial charge in [0.15, 0.2) is 0 Å². The number of ether oxygens (including phenoxy) is 2. The van der Waals surface area contributed by atoms with E-state index in [1.54, 1.807) is 26.1 Å². The Labute approximate surface area is 188 Å². The quantitative estimate of drug-likeness (QED) is 0.285. The summed E-state index contributed by atoms with van der Waals surface area (Å²) in [6.45, 7) is 7.77. The summed E-state index contributed by atoms with van der Waals surface area (Å²) >= 11 is 0. The van der Waals surface area contributed by atoms with Gasteiger partial charge in [-0.25, -0.2) is 0 Å². The molecule has 0 fully saturated rings. The summed E-state index contributed by atoms with van der Waals surface area (Å²) in [6.07, 6.45) is 17.0. The highest BCUT2D eigenvalue weighted by atomic mass is 16.6. The topological polar surface area (TPSA) is 43.6 Å². The lowest BCUT2D eigenvalue weighted by molar-refractivity contribution is -0.885. The Balaban J connectivity index is 0.000000970. The molecule has 0 radical (unpaired) electrons. The van der Waals surface area contributed by atoms with E-state index in [9.17, 15) is 0 Å². The molecule has 31 heavy (non-hydrogen) atoms. The van der Waals surface area contributed by atoms with Crippen LogP contribution in [0.25, 0.3) is 5.57 Å². The van der Waals surface area contributed by atoms with Gasteiger partial charge in [0.2, 0.25) is 12.4 Å². The molecule has 0 saturated heterocycles. The zero-order valence-corrected chi connectivity index (χ0v) is 19.7. The minimum atomic E-state index is 0.851. The van der Waals surface area contributed by atoms with E-state index in [-0.39, 0.29) is 0 Å². The van der Waals surface area contributed by atoms with Gasteiger partial charge in [-0.1, -0.05) is 24.3 Å². The zero-order chi connectivity index (χ0) is 23.5. The Morgan fingerprint density at radius 3 is 2.26 bits per heavy atom. The van der Waals surface area contributed by atoms with Gasteiger partial charge in [0, 0.05) is 22.9 Å². The second-order valence-electron chi connectivity index (χ2n) is 6.43. The lowest BCUT2D eigenvalue weighted by Crippen LogP contribution is -2.39. The Morgan fingerprint density at radius 2 is 1.74 bits per heavy atom. The van der Waals surface area contributed by atoms with Gasteiger partial charge in [-0.15, -0.1) is 12.8 Å². The van der Waals surface area contributed by atoms with Crippen LogP contribution in [-0.2, 0) is 11.2 Å². The molecule has 1 N–H and O–H groups in total. The molecule has 2 rings (SSSR count). The van der Waals surface area contributed by atoms with Crippen molar-refractivity contribution >= 4 is 5.57 Å². The molecule has 0 aliphatic heterocycles. The van der Waals surface area contributed by atoms with Crippen LogP contribution in [0.5, 0.6) is 5.75 Å². The summed E-state index contributed by atoms with van der Waals surface area (Å²) in [4.78, 5) is 5.18. The molecule has 1 aromatic heterocycles. The molecule has 0 aliphatic carbocycles. The summed E-state index contributed by atoms with van der Waals surface area (Å²) in [7, 11) is 5.00. The fourth-order valence-corrected chi connectivity index (χ4v) is 2.39. The van der Waals surface area contributed by atoms with Crippen molar-refractivity contribution in [3.63, 3.8) is 0 Å². The second kappa shape index (κ2) is 17.6. The van der Waals surface area contributed by atoms with Crippen molar-refractivity contribution < 1.29 is 19.0 Å². The molecule has 0 aliphatic rings. The maximum absolute atomic E-state index is 5.18. The van der Waals surface area contributed by atoms with Crippen LogP contribution < -0.4 is 19.6 Å². The lowest BCUT2D eigenvalue weighted by atomic mass is 10.1. The first-order valence-electron chi connectivity index (χ1n) is 10.1. The van der Waals surface area contributed by atoms with E-state index < -0.39 is 0 Å². The van der Waals surface area contributed by atoms with Crippen LogP contribution in [0.15, 0.2) is 66.7 Å². The molecule has 168 valence electrons. The maximum Gasteiger partial charge on any atom is 0.229 e. The molecular formula is C26H37N2O3+. The Hall–Kier alpha value is -3.23. The Morgan fingerprint density at radius 1 is 1.06 bits per heavy atom. The summed E-state index contributed by atoms with van der Waals surface area (Å²) in [5, 5.41) is 3.45. The van der Waals surface area contributed by atoms with Crippen LogP contribution in [0.2, 0.25) is 0 Å². The average molecular weight is 426 g/mol. The first-order valence-corrected chi connectivity index (χ1v) is 10.1. The number of terminal acetylenes is 1. The number of nitrogens with zero attached hydrogens (tertiary/aromatic N) is 1. The van der Waals surface area contributed by atoms with Gasteiger partial charge in [-0.3, -0.25) is 4.84 Å². The first-order chi connectivity index (χ1) is 15.0. The van der Waals surface area contributed by atoms with Crippen molar-refractivity contribution in [2.45, 2.75) is 27.2 Å². The molecule has 0 spiro atoms. The minimum absolute atomic E-state index is 0.851. The largest absolute Gasteiger partial charge is 0.502 e. The highest BCUT2D eigenvalue weighted by Gasteiger charge is 2.03. The number of rotatable bonds is 9. The number of aromatic nitrogens is 1. The number of nitrogens with one attached hydrogen (secondary N) is 1. The average Bonchev–Trinajstić information content (AvgIpc) is 2.85. The number of pyridine rings is 1. The highest BCUT2D eigenvalue weighted by Crippen LogP contribution is 2.12. The molecule has 0 amide bonds. The molecule has 5 heteroatoms. The van der Waals surface area contributed by atoms with Gasteiger partial charge < -0.3 is 14.8 Å². The fraction of sp³-hybridized carbons (Fsp3) is 0.346. The number of hydrogen-bond acceptors (Lipinski definition) is 4. The number of benzene rings is 1. The van der Waals surface area contributed by atoms with Crippen LogP contribution in [0, 0.1) is 12.8 Å². The predicted molar refractivity (Wildman–Crippen MR) is 129 cm³/mol. The van der Waals surface area contributed by atoms with Crippen molar-refractivity contribution in [3.05, 3.63) is 77.8 Å². The van der Waals surface area contributed by atoms with Crippen LogP contribution in [0.4, 0.5) is 0 Å². The monoisotopic (exact) mass is 425 g/mol. The van der Waals surface area contributed by atoms with Crippen LogP contribution >= 0.6 is 0 Å². The van der Waals surface area contributed by atoms with Crippen LogP contribution in [0.1, 0.15) is 31.9 Å². The summed E-state index contributed by atoms with van der Waals surface area (Å²) in [6, 6.07) is 12.3. The van der Waals surface area contributed by atoms with Gasteiger partial charge in [0.1, 0.15) is 12.9 Å².